The second-order valence-electron chi connectivity index (χ2n) is 6.09. The van der Waals surface area contributed by atoms with Gasteiger partial charge in [-0.1, -0.05) is 26.3 Å². The maximum absolute atomic E-state index is 13.6. The minimum atomic E-state index is -0.0963. The average molecular weight is 263 g/mol. The SMILES string of the molecule is CCNCC1CCC(C)CC1c1cc(F)ccc1C. The quantitative estimate of drug-likeness (QED) is 0.855. The number of aryl methyl sites for hydroxylation is 1. The zero-order valence-electron chi connectivity index (χ0n) is 12.4. The maximum Gasteiger partial charge on any atom is 0.123 e. The molecule has 1 saturated carbocycles. The van der Waals surface area contributed by atoms with E-state index in [2.05, 4.69) is 26.1 Å². The fourth-order valence-electron chi connectivity index (χ4n) is 3.41. The molecule has 0 aliphatic heterocycles. The van der Waals surface area contributed by atoms with Crippen molar-refractivity contribution in [3.05, 3.63) is 35.1 Å². The first kappa shape index (κ1) is 14.5. The first-order chi connectivity index (χ1) is 9.11. The molecule has 3 atom stereocenters. The van der Waals surface area contributed by atoms with Gasteiger partial charge in [0.15, 0.2) is 0 Å². The van der Waals surface area contributed by atoms with Crippen LogP contribution in [0.25, 0.3) is 0 Å². The summed E-state index contributed by atoms with van der Waals surface area (Å²) in [7, 11) is 0. The van der Waals surface area contributed by atoms with Crippen LogP contribution in [-0.4, -0.2) is 13.1 Å². The highest BCUT2D eigenvalue weighted by atomic mass is 19.1. The smallest absolute Gasteiger partial charge is 0.123 e. The lowest BCUT2D eigenvalue weighted by molar-refractivity contribution is 0.242. The summed E-state index contributed by atoms with van der Waals surface area (Å²) in [6.07, 6.45) is 3.76. The van der Waals surface area contributed by atoms with Crippen LogP contribution in [0.4, 0.5) is 4.39 Å². The number of benzene rings is 1. The van der Waals surface area contributed by atoms with Gasteiger partial charge in [-0.15, -0.1) is 0 Å². The second kappa shape index (κ2) is 6.51. The molecule has 1 aliphatic rings. The highest BCUT2D eigenvalue weighted by molar-refractivity contribution is 5.31. The summed E-state index contributed by atoms with van der Waals surface area (Å²) in [5.74, 6) is 1.82. The van der Waals surface area contributed by atoms with Gasteiger partial charge in [0, 0.05) is 0 Å². The minimum Gasteiger partial charge on any atom is -0.317 e. The van der Waals surface area contributed by atoms with Crippen LogP contribution in [0.1, 0.15) is 50.2 Å². The Morgan fingerprint density at radius 1 is 1.32 bits per heavy atom. The fraction of sp³-hybridized carbons (Fsp3) is 0.647. The third kappa shape index (κ3) is 3.56. The zero-order valence-corrected chi connectivity index (χ0v) is 12.4. The standard InChI is InChI=1S/C17H26FN/c1-4-19-11-14-7-5-12(2)9-17(14)16-10-15(18)8-6-13(16)3/h6,8,10,12,14,17,19H,4-5,7,9,11H2,1-3H3. The zero-order chi connectivity index (χ0) is 13.8. The molecule has 1 aromatic carbocycles. The van der Waals surface area contributed by atoms with Crippen LogP contribution in [0.15, 0.2) is 18.2 Å². The fourth-order valence-corrected chi connectivity index (χ4v) is 3.41. The summed E-state index contributed by atoms with van der Waals surface area (Å²) < 4.78 is 13.6. The van der Waals surface area contributed by atoms with Crippen molar-refractivity contribution >= 4 is 0 Å². The highest BCUT2D eigenvalue weighted by Gasteiger charge is 2.30. The summed E-state index contributed by atoms with van der Waals surface area (Å²) in [6.45, 7) is 8.65. The molecule has 1 fully saturated rings. The van der Waals surface area contributed by atoms with E-state index >= 15 is 0 Å². The minimum absolute atomic E-state index is 0.0963. The monoisotopic (exact) mass is 263 g/mol. The van der Waals surface area contributed by atoms with E-state index in [1.165, 1.54) is 30.4 Å². The van der Waals surface area contributed by atoms with Crippen molar-refractivity contribution in [2.24, 2.45) is 11.8 Å². The molecule has 1 N–H and O–H groups in total. The Kier molecular flexibility index (Phi) is 4.98. The van der Waals surface area contributed by atoms with Crippen LogP contribution >= 0.6 is 0 Å². The van der Waals surface area contributed by atoms with Crippen LogP contribution in [0, 0.1) is 24.6 Å². The summed E-state index contributed by atoms with van der Waals surface area (Å²) in [4.78, 5) is 0. The third-order valence-electron chi connectivity index (χ3n) is 4.55. The first-order valence-electron chi connectivity index (χ1n) is 7.58. The summed E-state index contributed by atoms with van der Waals surface area (Å²) in [5, 5.41) is 3.47. The van der Waals surface area contributed by atoms with Gasteiger partial charge in [-0.3, -0.25) is 0 Å². The largest absolute Gasteiger partial charge is 0.317 e. The molecule has 0 saturated heterocycles. The van der Waals surface area contributed by atoms with E-state index in [-0.39, 0.29) is 5.82 Å². The van der Waals surface area contributed by atoms with Gasteiger partial charge in [0.05, 0.1) is 0 Å². The maximum atomic E-state index is 13.6. The normalized spacial score (nSPS) is 27.5. The molecule has 2 rings (SSSR count). The van der Waals surface area contributed by atoms with Gasteiger partial charge in [-0.05, 0) is 73.9 Å². The van der Waals surface area contributed by atoms with Gasteiger partial charge in [0.1, 0.15) is 5.82 Å². The molecule has 2 heteroatoms. The van der Waals surface area contributed by atoms with E-state index in [1.54, 1.807) is 12.1 Å². The van der Waals surface area contributed by atoms with Gasteiger partial charge in [-0.2, -0.15) is 0 Å². The molecular formula is C17H26FN. The number of nitrogens with one attached hydrogen (secondary N) is 1. The lowest BCUT2D eigenvalue weighted by atomic mass is 9.70. The van der Waals surface area contributed by atoms with Gasteiger partial charge >= 0.3 is 0 Å². The molecule has 0 heterocycles. The number of hydrogen-bond donors (Lipinski definition) is 1. The molecule has 0 spiro atoms. The molecule has 0 aromatic heterocycles. The molecule has 0 amide bonds. The van der Waals surface area contributed by atoms with Gasteiger partial charge in [0.2, 0.25) is 0 Å². The first-order valence-corrected chi connectivity index (χ1v) is 7.58. The molecule has 19 heavy (non-hydrogen) atoms. The van der Waals surface area contributed by atoms with Crippen LogP contribution in [0.2, 0.25) is 0 Å². The lowest BCUT2D eigenvalue weighted by Crippen LogP contribution is -2.31. The Bertz CT molecular complexity index is 414. The second-order valence-corrected chi connectivity index (χ2v) is 6.09. The van der Waals surface area contributed by atoms with E-state index in [4.69, 9.17) is 0 Å². The van der Waals surface area contributed by atoms with Crippen LogP contribution in [0.5, 0.6) is 0 Å². The van der Waals surface area contributed by atoms with E-state index in [0.29, 0.717) is 11.8 Å². The number of hydrogen-bond acceptors (Lipinski definition) is 1. The van der Waals surface area contributed by atoms with E-state index in [0.717, 1.165) is 19.0 Å². The van der Waals surface area contributed by atoms with Crippen LogP contribution in [0.3, 0.4) is 0 Å². The Labute approximate surface area is 116 Å². The number of halogens is 1. The van der Waals surface area contributed by atoms with E-state index < -0.39 is 0 Å². The van der Waals surface area contributed by atoms with E-state index in [9.17, 15) is 4.39 Å². The Balaban J connectivity index is 2.23. The van der Waals surface area contributed by atoms with E-state index in [1.807, 2.05) is 6.07 Å². The van der Waals surface area contributed by atoms with Gasteiger partial charge in [0.25, 0.3) is 0 Å². The molecule has 1 nitrogen and oxygen atoms in total. The lowest BCUT2D eigenvalue weighted by Gasteiger charge is -2.36. The van der Waals surface area contributed by atoms with Crippen LogP contribution < -0.4 is 5.32 Å². The molecule has 106 valence electrons. The van der Waals surface area contributed by atoms with Crippen molar-refractivity contribution in [1.82, 2.24) is 5.32 Å². The average Bonchev–Trinajstić information content (AvgIpc) is 2.40. The van der Waals surface area contributed by atoms with Crippen LogP contribution in [-0.2, 0) is 0 Å². The third-order valence-corrected chi connectivity index (χ3v) is 4.55. The Hall–Kier alpha value is -0.890. The molecule has 0 bridgehead atoms. The molecule has 0 radical (unpaired) electrons. The predicted octanol–water partition coefficient (Wildman–Crippen LogP) is 4.26. The molecular weight excluding hydrogens is 237 g/mol. The number of rotatable bonds is 4. The van der Waals surface area contributed by atoms with Crippen molar-refractivity contribution in [3.8, 4) is 0 Å². The van der Waals surface area contributed by atoms with Gasteiger partial charge < -0.3 is 5.32 Å². The van der Waals surface area contributed by atoms with Crippen molar-refractivity contribution in [2.45, 2.75) is 46.0 Å². The Morgan fingerprint density at radius 2 is 2.11 bits per heavy atom. The topological polar surface area (TPSA) is 12.0 Å². The van der Waals surface area contributed by atoms with Crippen molar-refractivity contribution in [1.29, 1.82) is 0 Å². The molecule has 1 aromatic rings. The predicted molar refractivity (Wildman–Crippen MR) is 78.9 cm³/mol. The summed E-state index contributed by atoms with van der Waals surface area (Å²) >= 11 is 0. The van der Waals surface area contributed by atoms with Gasteiger partial charge in [-0.25, -0.2) is 4.39 Å². The molecule has 3 unspecified atom stereocenters. The van der Waals surface area contributed by atoms with Crippen molar-refractivity contribution in [3.63, 3.8) is 0 Å². The molecule has 1 aliphatic carbocycles. The van der Waals surface area contributed by atoms with Crippen molar-refractivity contribution in [2.75, 3.05) is 13.1 Å². The highest BCUT2D eigenvalue weighted by Crippen LogP contribution is 2.41. The summed E-state index contributed by atoms with van der Waals surface area (Å²) in [6, 6.07) is 5.26. The Morgan fingerprint density at radius 3 is 2.84 bits per heavy atom. The van der Waals surface area contributed by atoms with Crippen molar-refractivity contribution < 1.29 is 4.39 Å². The summed E-state index contributed by atoms with van der Waals surface area (Å²) in [5.41, 5.74) is 2.47.